The largest absolute Gasteiger partial charge is 0.488 e. The quantitative estimate of drug-likeness (QED) is 0.899. The van der Waals surface area contributed by atoms with E-state index < -0.39 is 0 Å². The molecule has 0 spiro atoms. The first-order valence-electron chi connectivity index (χ1n) is 5.23. The van der Waals surface area contributed by atoms with Crippen LogP contribution in [-0.2, 0) is 0 Å². The van der Waals surface area contributed by atoms with Crippen LogP contribution in [0.3, 0.4) is 0 Å². The van der Waals surface area contributed by atoms with Crippen molar-refractivity contribution in [2.24, 2.45) is 0 Å². The van der Waals surface area contributed by atoms with Gasteiger partial charge in [-0.3, -0.25) is 0 Å². The lowest BCUT2D eigenvalue weighted by Crippen LogP contribution is -1.97. The van der Waals surface area contributed by atoms with Crippen LogP contribution >= 0.6 is 11.6 Å². The van der Waals surface area contributed by atoms with Crippen molar-refractivity contribution in [3.63, 3.8) is 0 Å². The van der Waals surface area contributed by atoms with Crippen LogP contribution in [0.25, 0.3) is 11.4 Å². The Balaban J connectivity index is 2.20. The minimum Gasteiger partial charge on any atom is -0.488 e. The second-order valence-corrected chi connectivity index (χ2v) is 4.25. The number of hydrogen-bond donors (Lipinski definition) is 1. The monoisotopic (exact) mass is 248 g/mol. The third-order valence-electron chi connectivity index (χ3n) is 2.35. The normalized spacial score (nSPS) is 10.2. The van der Waals surface area contributed by atoms with E-state index in [-0.39, 0.29) is 0 Å². The number of aromatic nitrogens is 2. The van der Waals surface area contributed by atoms with Gasteiger partial charge >= 0.3 is 0 Å². The van der Waals surface area contributed by atoms with E-state index in [9.17, 15) is 0 Å². The smallest absolute Gasteiger partial charge is 0.137 e. The Morgan fingerprint density at radius 1 is 1.53 bits per heavy atom. The molecule has 0 saturated carbocycles. The number of imidazole rings is 1. The number of nitrogens with zero attached hydrogens (tertiary/aromatic N) is 1. The van der Waals surface area contributed by atoms with E-state index in [1.807, 2.05) is 25.1 Å². The molecule has 0 unspecified atom stereocenters. The molecule has 1 aromatic carbocycles. The van der Waals surface area contributed by atoms with Gasteiger partial charge in [0.25, 0.3) is 0 Å². The molecule has 0 amide bonds. The zero-order valence-corrected chi connectivity index (χ0v) is 10.3. The number of ether oxygens (including phenoxy) is 1. The van der Waals surface area contributed by atoms with Crippen LogP contribution in [-0.4, -0.2) is 16.6 Å². The number of hydrogen-bond acceptors (Lipinski definition) is 2. The summed E-state index contributed by atoms with van der Waals surface area (Å²) in [6.45, 7) is 5.91. The van der Waals surface area contributed by atoms with Gasteiger partial charge in [-0.05, 0) is 30.7 Å². The SMILES string of the molecule is C=C(Cl)COc1ccc(-c2ncc[nH]2)c(C)c1. The number of H-pyrrole nitrogens is 1. The number of benzene rings is 1. The lowest BCUT2D eigenvalue weighted by molar-refractivity contribution is 0.359. The Kier molecular flexibility index (Phi) is 3.49. The minimum atomic E-state index is 0.321. The number of rotatable bonds is 4. The van der Waals surface area contributed by atoms with Crippen LogP contribution in [0.4, 0.5) is 0 Å². The molecule has 0 saturated heterocycles. The Labute approximate surface area is 105 Å². The molecular formula is C13H13ClN2O. The summed E-state index contributed by atoms with van der Waals surface area (Å²) in [6.07, 6.45) is 3.54. The highest BCUT2D eigenvalue weighted by Gasteiger charge is 2.05. The van der Waals surface area contributed by atoms with Crippen molar-refractivity contribution < 1.29 is 4.74 Å². The lowest BCUT2D eigenvalue weighted by atomic mass is 10.1. The molecule has 0 aliphatic heterocycles. The first-order chi connectivity index (χ1) is 8.16. The number of aryl methyl sites for hydroxylation is 1. The van der Waals surface area contributed by atoms with E-state index in [0.717, 1.165) is 22.7 Å². The van der Waals surface area contributed by atoms with Gasteiger partial charge in [0.1, 0.15) is 18.2 Å². The van der Waals surface area contributed by atoms with Crippen molar-refractivity contribution >= 4 is 11.6 Å². The first-order valence-corrected chi connectivity index (χ1v) is 5.61. The summed E-state index contributed by atoms with van der Waals surface area (Å²) in [7, 11) is 0. The molecule has 0 radical (unpaired) electrons. The molecule has 88 valence electrons. The van der Waals surface area contributed by atoms with Crippen LogP contribution < -0.4 is 4.74 Å². The third-order valence-corrected chi connectivity index (χ3v) is 2.46. The van der Waals surface area contributed by atoms with E-state index in [1.165, 1.54) is 0 Å². The van der Waals surface area contributed by atoms with E-state index >= 15 is 0 Å². The molecule has 1 aromatic heterocycles. The fourth-order valence-electron chi connectivity index (χ4n) is 1.57. The predicted octanol–water partition coefficient (Wildman–Crippen LogP) is 3.52. The maximum atomic E-state index is 5.65. The van der Waals surface area contributed by atoms with Crippen molar-refractivity contribution in [2.75, 3.05) is 6.61 Å². The van der Waals surface area contributed by atoms with E-state index in [4.69, 9.17) is 16.3 Å². The average molecular weight is 249 g/mol. The topological polar surface area (TPSA) is 37.9 Å². The van der Waals surface area contributed by atoms with Gasteiger partial charge in [0.15, 0.2) is 0 Å². The van der Waals surface area contributed by atoms with Crippen molar-refractivity contribution in [3.8, 4) is 17.1 Å². The molecule has 0 aliphatic rings. The molecule has 4 heteroatoms. The molecule has 0 bridgehead atoms. The predicted molar refractivity (Wildman–Crippen MR) is 69.2 cm³/mol. The molecule has 0 atom stereocenters. The van der Waals surface area contributed by atoms with Gasteiger partial charge in [-0.25, -0.2) is 4.98 Å². The van der Waals surface area contributed by atoms with Gasteiger partial charge in [-0.1, -0.05) is 18.2 Å². The Morgan fingerprint density at radius 3 is 2.94 bits per heavy atom. The molecule has 2 rings (SSSR count). The summed E-state index contributed by atoms with van der Waals surface area (Å²) in [5.41, 5.74) is 2.16. The van der Waals surface area contributed by atoms with Gasteiger partial charge in [0, 0.05) is 23.0 Å². The second-order valence-electron chi connectivity index (χ2n) is 3.72. The summed E-state index contributed by atoms with van der Waals surface area (Å²) in [5, 5.41) is 0.484. The number of nitrogens with one attached hydrogen (secondary N) is 1. The highest BCUT2D eigenvalue weighted by atomic mass is 35.5. The molecule has 0 aliphatic carbocycles. The van der Waals surface area contributed by atoms with E-state index in [0.29, 0.717) is 11.6 Å². The molecule has 1 N–H and O–H groups in total. The average Bonchev–Trinajstić information content (AvgIpc) is 2.79. The van der Waals surface area contributed by atoms with Crippen LogP contribution in [0, 0.1) is 6.92 Å². The van der Waals surface area contributed by atoms with Crippen molar-refractivity contribution in [1.82, 2.24) is 9.97 Å². The van der Waals surface area contributed by atoms with Crippen molar-refractivity contribution in [2.45, 2.75) is 6.92 Å². The van der Waals surface area contributed by atoms with Crippen molar-refractivity contribution in [1.29, 1.82) is 0 Å². The molecular weight excluding hydrogens is 236 g/mol. The minimum absolute atomic E-state index is 0.321. The van der Waals surface area contributed by atoms with E-state index in [2.05, 4.69) is 16.5 Å². The maximum absolute atomic E-state index is 5.65. The van der Waals surface area contributed by atoms with Gasteiger partial charge < -0.3 is 9.72 Å². The molecule has 0 fully saturated rings. The molecule has 17 heavy (non-hydrogen) atoms. The van der Waals surface area contributed by atoms with Crippen LogP contribution in [0.1, 0.15) is 5.56 Å². The lowest BCUT2D eigenvalue weighted by Gasteiger charge is -2.08. The summed E-state index contributed by atoms with van der Waals surface area (Å²) in [5.74, 6) is 1.63. The second kappa shape index (κ2) is 5.06. The van der Waals surface area contributed by atoms with Crippen LogP contribution in [0.5, 0.6) is 5.75 Å². The fraction of sp³-hybridized carbons (Fsp3) is 0.154. The first kappa shape index (κ1) is 11.7. The Hall–Kier alpha value is -1.74. The summed E-state index contributed by atoms with van der Waals surface area (Å²) in [4.78, 5) is 7.30. The van der Waals surface area contributed by atoms with Gasteiger partial charge in [0.05, 0.1) is 0 Å². The molecule has 1 heterocycles. The standard InChI is InChI=1S/C13H13ClN2O/c1-9-7-11(17-8-10(2)14)3-4-12(9)13-15-5-6-16-13/h3-7H,2,8H2,1H3,(H,15,16). The maximum Gasteiger partial charge on any atom is 0.137 e. The Bertz CT molecular complexity index is 520. The fourth-order valence-corrected chi connectivity index (χ4v) is 1.62. The van der Waals surface area contributed by atoms with Crippen molar-refractivity contribution in [3.05, 3.63) is 47.8 Å². The number of halogens is 1. The highest BCUT2D eigenvalue weighted by molar-refractivity contribution is 6.29. The third kappa shape index (κ3) is 2.88. The van der Waals surface area contributed by atoms with Gasteiger partial charge in [0.2, 0.25) is 0 Å². The zero-order valence-electron chi connectivity index (χ0n) is 9.53. The molecule has 2 aromatic rings. The summed E-state index contributed by atoms with van der Waals surface area (Å²) in [6, 6.07) is 5.82. The zero-order chi connectivity index (χ0) is 12.3. The van der Waals surface area contributed by atoms with Crippen LogP contribution in [0.2, 0.25) is 0 Å². The van der Waals surface area contributed by atoms with Crippen LogP contribution in [0.15, 0.2) is 42.2 Å². The summed E-state index contributed by atoms with van der Waals surface area (Å²) >= 11 is 5.65. The Morgan fingerprint density at radius 2 is 2.35 bits per heavy atom. The number of aromatic amines is 1. The van der Waals surface area contributed by atoms with Gasteiger partial charge in [-0.15, -0.1) is 0 Å². The molecule has 3 nitrogen and oxygen atoms in total. The summed E-state index contributed by atoms with van der Waals surface area (Å²) < 4.78 is 5.46. The highest BCUT2D eigenvalue weighted by Crippen LogP contribution is 2.24. The van der Waals surface area contributed by atoms with E-state index in [1.54, 1.807) is 12.4 Å². The van der Waals surface area contributed by atoms with Gasteiger partial charge in [-0.2, -0.15) is 0 Å².